The average Bonchev–Trinajstić information content (AvgIpc) is 3.10. The molecule has 1 unspecified atom stereocenters. The van der Waals surface area contributed by atoms with Gasteiger partial charge in [0.1, 0.15) is 16.5 Å². The molecule has 174 valence electrons. The summed E-state index contributed by atoms with van der Waals surface area (Å²) >= 11 is 12.7. The lowest BCUT2D eigenvalue weighted by Crippen LogP contribution is -2.29. The summed E-state index contributed by atoms with van der Waals surface area (Å²) in [6, 6.07) is 15.0. The number of anilines is 1. The van der Waals surface area contributed by atoms with E-state index in [0.717, 1.165) is 0 Å². The predicted octanol–water partition coefficient (Wildman–Crippen LogP) is 5.34. The minimum absolute atomic E-state index is 0.00230. The van der Waals surface area contributed by atoms with Crippen LogP contribution in [0.2, 0.25) is 10.0 Å². The van der Waals surface area contributed by atoms with Gasteiger partial charge in [-0.25, -0.2) is 0 Å². The van der Waals surface area contributed by atoms with Gasteiger partial charge in [-0.15, -0.1) is 0 Å². The fourth-order valence-electron chi connectivity index (χ4n) is 3.95. The molecule has 0 spiro atoms. The summed E-state index contributed by atoms with van der Waals surface area (Å²) < 4.78 is 10.6. The van der Waals surface area contributed by atoms with Crippen molar-refractivity contribution in [2.75, 3.05) is 19.1 Å². The molecule has 34 heavy (non-hydrogen) atoms. The molecule has 1 saturated heterocycles. The number of methoxy groups -OCH3 is 2. The highest BCUT2D eigenvalue weighted by Crippen LogP contribution is 2.48. The van der Waals surface area contributed by atoms with E-state index in [1.807, 2.05) is 0 Å². The van der Waals surface area contributed by atoms with Crippen LogP contribution in [-0.4, -0.2) is 36.1 Å². The Bertz CT molecular complexity index is 1310. The maximum Gasteiger partial charge on any atom is 0.300 e. The second-order valence-electron chi connectivity index (χ2n) is 7.38. The second kappa shape index (κ2) is 9.29. The van der Waals surface area contributed by atoms with E-state index in [4.69, 9.17) is 32.7 Å². The number of aliphatic hydroxyl groups excluding tert-OH is 1. The highest BCUT2D eigenvalue weighted by atomic mass is 35.5. The molecule has 1 fully saturated rings. The molecule has 1 atom stereocenters. The van der Waals surface area contributed by atoms with E-state index >= 15 is 0 Å². The molecule has 0 bridgehead atoms. The smallest absolute Gasteiger partial charge is 0.300 e. The number of aromatic hydroxyl groups is 1. The molecule has 1 heterocycles. The maximum absolute atomic E-state index is 13.3. The number of Topliss-reactive ketones (excluding diaryl/α,β-unsaturated/α-hetero) is 1. The van der Waals surface area contributed by atoms with Gasteiger partial charge in [0.05, 0.1) is 36.4 Å². The molecule has 7 nitrogen and oxygen atoms in total. The minimum atomic E-state index is -0.993. The van der Waals surface area contributed by atoms with Crippen LogP contribution >= 0.6 is 23.2 Å². The van der Waals surface area contributed by atoms with Crippen LogP contribution in [0.3, 0.4) is 0 Å². The van der Waals surface area contributed by atoms with E-state index in [1.165, 1.54) is 37.3 Å². The summed E-state index contributed by atoms with van der Waals surface area (Å²) in [5.41, 5.74) is 0.787. The van der Waals surface area contributed by atoms with Gasteiger partial charge in [0, 0.05) is 5.69 Å². The SMILES string of the molecule is COc1c(Cl)cc(/C(O)=C2\C(=O)C(=O)N(c3ccccc3)C2c2ccc(O)cc2)c(OC)c1Cl. The highest BCUT2D eigenvalue weighted by molar-refractivity contribution is 6.52. The Kier molecular flexibility index (Phi) is 6.41. The number of rotatable bonds is 5. The van der Waals surface area contributed by atoms with E-state index in [9.17, 15) is 19.8 Å². The Hall–Kier alpha value is -3.68. The Morgan fingerprint density at radius 2 is 1.56 bits per heavy atom. The number of carbonyl (C=O) groups excluding carboxylic acids is 2. The lowest BCUT2D eigenvalue weighted by atomic mass is 9.94. The summed E-state index contributed by atoms with van der Waals surface area (Å²) in [4.78, 5) is 27.7. The van der Waals surface area contributed by atoms with Gasteiger partial charge in [0.2, 0.25) is 0 Å². The normalized spacial score (nSPS) is 17.2. The zero-order valence-electron chi connectivity index (χ0n) is 18.1. The highest BCUT2D eigenvalue weighted by Gasteiger charge is 2.47. The Balaban J connectivity index is 2.01. The van der Waals surface area contributed by atoms with Crippen molar-refractivity contribution < 1.29 is 29.3 Å². The first-order valence-corrected chi connectivity index (χ1v) is 10.8. The third-order valence-corrected chi connectivity index (χ3v) is 6.11. The first-order chi connectivity index (χ1) is 16.3. The van der Waals surface area contributed by atoms with Crippen LogP contribution in [0.15, 0.2) is 66.2 Å². The molecule has 3 aromatic carbocycles. The lowest BCUT2D eigenvalue weighted by molar-refractivity contribution is -0.132. The van der Waals surface area contributed by atoms with E-state index < -0.39 is 23.5 Å². The fourth-order valence-corrected chi connectivity index (χ4v) is 4.64. The number of para-hydroxylation sites is 1. The number of carbonyl (C=O) groups is 2. The molecular formula is C25H19Cl2NO6. The molecule has 0 radical (unpaired) electrons. The van der Waals surface area contributed by atoms with Crippen LogP contribution < -0.4 is 14.4 Å². The summed E-state index contributed by atoms with van der Waals surface area (Å²) in [5.74, 6) is -2.07. The van der Waals surface area contributed by atoms with Crippen molar-refractivity contribution >= 4 is 46.3 Å². The van der Waals surface area contributed by atoms with Crippen molar-refractivity contribution in [2.45, 2.75) is 6.04 Å². The zero-order valence-corrected chi connectivity index (χ0v) is 19.6. The number of hydrogen-bond acceptors (Lipinski definition) is 6. The fraction of sp³-hybridized carbons (Fsp3) is 0.120. The standard InChI is InChI=1S/C25H19Cl2NO6/c1-33-23-16(12-17(26)24(34-2)19(23)27)21(30)18-20(13-8-10-15(29)11-9-13)28(25(32)22(18)31)14-6-4-3-5-7-14/h3-12,20,29-30H,1-2H3/b21-18+. The largest absolute Gasteiger partial charge is 0.508 e. The van der Waals surface area contributed by atoms with Gasteiger partial charge in [-0.2, -0.15) is 0 Å². The quantitative estimate of drug-likeness (QED) is 0.279. The van der Waals surface area contributed by atoms with Gasteiger partial charge in [-0.05, 0) is 35.9 Å². The maximum atomic E-state index is 13.3. The number of ketones is 1. The predicted molar refractivity (Wildman–Crippen MR) is 129 cm³/mol. The molecule has 0 aliphatic carbocycles. The minimum Gasteiger partial charge on any atom is -0.508 e. The van der Waals surface area contributed by atoms with Crippen molar-refractivity contribution in [1.29, 1.82) is 0 Å². The molecule has 2 N–H and O–H groups in total. The molecule has 4 rings (SSSR count). The van der Waals surface area contributed by atoms with Gasteiger partial charge >= 0.3 is 0 Å². The first kappa shape index (κ1) is 23.5. The molecule has 9 heteroatoms. The number of phenolic OH excluding ortho intramolecular Hbond substituents is 1. The van der Waals surface area contributed by atoms with Crippen LogP contribution in [0.5, 0.6) is 17.2 Å². The van der Waals surface area contributed by atoms with Crippen LogP contribution in [0, 0.1) is 0 Å². The van der Waals surface area contributed by atoms with Gasteiger partial charge in [0.15, 0.2) is 11.5 Å². The molecule has 1 aliphatic heterocycles. The Labute approximate surface area is 205 Å². The number of hydrogen-bond donors (Lipinski definition) is 2. The molecule has 1 amide bonds. The van der Waals surface area contributed by atoms with Crippen LogP contribution in [0.1, 0.15) is 17.2 Å². The van der Waals surface area contributed by atoms with E-state index in [1.54, 1.807) is 42.5 Å². The Morgan fingerprint density at radius 3 is 2.15 bits per heavy atom. The van der Waals surface area contributed by atoms with Crippen LogP contribution in [-0.2, 0) is 9.59 Å². The third-order valence-electron chi connectivity index (χ3n) is 5.48. The topological polar surface area (TPSA) is 96.3 Å². The van der Waals surface area contributed by atoms with Crippen LogP contribution in [0.25, 0.3) is 5.76 Å². The van der Waals surface area contributed by atoms with Crippen LogP contribution in [0.4, 0.5) is 5.69 Å². The monoisotopic (exact) mass is 499 g/mol. The first-order valence-electron chi connectivity index (χ1n) is 10.1. The third kappa shape index (κ3) is 3.83. The second-order valence-corrected chi connectivity index (χ2v) is 8.17. The number of nitrogens with zero attached hydrogens (tertiary/aromatic N) is 1. The lowest BCUT2D eigenvalue weighted by Gasteiger charge is -2.25. The summed E-state index contributed by atoms with van der Waals surface area (Å²) in [5, 5.41) is 21.2. The van der Waals surface area contributed by atoms with Crippen molar-refractivity contribution in [3.05, 3.63) is 87.4 Å². The van der Waals surface area contributed by atoms with Crippen molar-refractivity contribution in [2.24, 2.45) is 0 Å². The summed E-state index contributed by atoms with van der Waals surface area (Å²) in [6.45, 7) is 0. The average molecular weight is 500 g/mol. The zero-order chi connectivity index (χ0) is 24.6. The Morgan fingerprint density at radius 1 is 0.941 bits per heavy atom. The molecule has 0 aromatic heterocycles. The van der Waals surface area contributed by atoms with E-state index in [-0.39, 0.29) is 38.4 Å². The number of benzene rings is 3. The number of ether oxygens (including phenoxy) is 2. The molecule has 3 aromatic rings. The number of phenols is 1. The molecule has 1 aliphatic rings. The van der Waals surface area contributed by atoms with Gasteiger partial charge in [0.25, 0.3) is 11.7 Å². The molecular weight excluding hydrogens is 481 g/mol. The van der Waals surface area contributed by atoms with Gasteiger partial charge in [-0.1, -0.05) is 53.5 Å². The number of aliphatic hydroxyl groups is 1. The van der Waals surface area contributed by atoms with Crippen molar-refractivity contribution in [1.82, 2.24) is 0 Å². The summed E-state index contributed by atoms with van der Waals surface area (Å²) in [6.07, 6.45) is 0. The van der Waals surface area contributed by atoms with Crippen molar-refractivity contribution in [3.8, 4) is 17.2 Å². The van der Waals surface area contributed by atoms with E-state index in [2.05, 4.69) is 0 Å². The van der Waals surface area contributed by atoms with E-state index in [0.29, 0.717) is 11.3 Å². The number of amides is 1. The number of halogens is 2. The van der Waals surface area contributed by atoms with Gasteiger partial charge < -0.3 is 19.7 Å². The molecule has 0 saturated carbocycles. The van der Waals surface area contributed by atoms with Gasteiger partial charge in [-0.3, -0.25) is 14.5 Å². The van der Waals surface area contributed by atoms with Crippen molar-refractivity contribution in [3.63, 3.8) is 0 Å². The summed E-state index contributed by atoms with van der Waals surface area (Å²) in [7, 11) is 2.72.